The maximum Gasteiger partial charge on any atom is 0.149 e. The second kappa shape index (κ2) is 6.15. The molecule has 0 spiro atoms. The number of allylic oxidation sites excluding steroid dienone is 2. The third-order valence-corrected chi connectivity index (χ3v) is 3.79. The average Bonchev–Trinajstić information content (AvgIpc) is 2.31. The Morgan fingerprint density at radius 1 is 1.35 bits per heavy atom. The first-order valence-corrected chi connectivity index (χ1v) is 6.46. The van der Waals surface area contributed by atoms with Gasteiger partial charge in [0.2, 0.25) is 0 Å². The molecule has 2 heteroatoms. The van der Waals surface area contributed by atoms with E-state index in [4.69, 9.17) is 4.74 Å². The van der Waals surface area contributed by atoms with E-state index in [9.17, 15) is 4.79 Å². The van der Waals surface area contributed by atoms with Gasteiger partial charge in [0.15, 0.2) is 0 Å². The Morgan fingerprint density at radius 3 is 2.41 bits per heavy atom. The van der Waals surface area contributed by atoms with Crippen LogP contribution in [-0.4, -0.2) is 19.5 Å². The molecule has 0 aromatic rings. The minimum atomic E-state index is -0.484. The molecule has 0 fully saturated rings. The lowest BCUT2D eigenvalue weighted by Crippen LogP contribution is -2.39. The van der Waals surface area contributed by atoms with Gasteiger partial charge >= 0.3 is 0 Å². The summed E-state index contributed by atoms with van der Waals surface area (Å²) in [6.07, 6.45) is 7.90. The van der Waals surface area contributed by atoms with Crippen molar-refractivity contribution in [2.45, 2.75) is 46.5 Å². The number of ether oxygens (including phenoxy) is 1. The molecule has 96 valence electrons. The molecule has 0 aromatic heterocycles. The molecule has 0 atom stereocenters. The van der Waals surface area contributed by atoms with E-state index in [2.05, 4.69) is 32.9 Å². The molecule has 1 aliphatic carbocycles. The number of hydrogen-bond donors (Lipinski definition) is 0. The van der Waals surface area contributed by atoms with Crippen LogP contribution in [0.15, 0.2) is 23.3 Å². The molecule has 0 unspecified atom stereocenters. The zero-order chi connectivity index (χ0) is 12.9. The molecule has 0 saturated carbocycles. The van der Waals surface area contributed by atoms with Gasteiger partial charge in [-0.25, -0.2) is 0 Å². The number of Topliss-reactive ketones (excluding diaryl/α,β-unsaturated/α-hetero) is 1. The number of hydrogen-bond acceptors (Lipinski definition) is 2. The fourth-order valence-corrected chi connectivity index (χ4v) is 2.59. The van der Waals surface area contributed by atoms with Gasteiger partial charge in [-0.2, -0.15) is 0 Å². The van der Waals surface area contributed by atoms with Crippen LogP contribution in [0.25, 0.3) is 0 Å². The number of carbonyl (C=O) groups is 1. The van der Waals surface area contributed by atoms with Crippen molar-refractivity contribution in [3.63, 3.8) is 0 Å². The van der Waals surface area contributed by atoms with E-state index in [1.165, 1.54) is 0 Å². The topological polar surface area (TPSA) is 26.3 Å². The first kappa shape index (κ1) is 14.2. The van der Waals surface area contributed by atoms with E-state index in [0.717, 1.165) is 30.4 Å². The SMILES string of the molecule is CCCCC(=O)C1(COC)C(C)=CCC=C1C. The molecule has 17 heavy (non-hydrogen) atoms. The first-order valence-electron chi connectivity index (χ1n) is 6.46. The number of rotatable bonds is 6. The summed E-state index contributed by atoms with van der Waals surface area (Å²) >= 11 is 0. The van der Waals surface area contributed by atoms with Crippen molar-refractivity contribution in [1.82, 2.24) is 0 Å². The van der Waals surface area contributed by atoms with Crippen LogP contribution in [0.5, 0.6) is 0 Å². The van der Waals surface area contributed by atoms with Crippen molar-refractivity contribution in [3.05, 3.63) is 23.3 Å². The molecule has 0 aromatic carbocycles. The van der Waals surface area contributed by atoms with Gasteiger partial charge in [0.05, 0.1) is 12.0 Å². The molecule has 0 N–H and O–H groups in total. The van der Waals surface area contributed by atoms with Gasteiger partial charge in [0.25, 0.3) is 0 Å². The van der Waals surface area contributed by atoms with Gasteiger partial charge < -0.3 is 4.74 Å². The van der Waals surface area contributed by atoms with Gasteiger partial charge in [-0.15, -0.1) is 0 Å². The summed E-state index contributed by atoms with van der Waals surface area (Å²) in [5, 5.41) is 0. The van der Waals surface area contributed by atoms with Crippen molar-refractivity contribution in [2.24, 2.45) is 5.41 Å². The molecule has 1 rings (SSSR count). The summed E-state index contributed by atoms with van der Waals surface area (Å²) in [5.74, 6) is 0.309. The van der Waals surface area contributed by atoms with Gasteiger partial charge in [-0.1, -0.05) is 36.6 Å². The Bertz CT molecular complexity index is 319. The maximum absolute atomic E-state index is 12.5. The van der Waals surface area contributed by atoms with Gasteiger partial charge in [-0.3, -0.25) is 4.79 Å². The van der Waals surface area contributed by atoms with Crippen LogP contribution in [0.3, 0.4) is 0 Å². The number of unbranched alkanes of at least 4 members (excludes halogenated alkanes) is 1. The summed E-state index contributed by atoms with van der Waals surface area (Å²) in [6.45, 7) is 6.70. The van der Waals surface area contributed by atoms with Crippen LogP contribution < -0.4 is 0 Å². The van der Waals surface area contributed by atoms with Crippen molar-refractivity contribution >= 4 is 5.78 Å². The molecule has 0 heterocycles. The van der Waals surface area contributed by atoms with Crippen molar-refractivity contribution < 1.29 is 9.53 Å². The summed E-state index contributed by atoms with van der Waals surface area (Å²) < 4.78 is 5.32. The zero-order valence-corrected chi connectivity index (χ0v) is 11.5. The molecule has 0 amide bonds. The van der Waals surface area contributed by atoms with Crippen LogP contribution in [0.1, 0.15) is 46.5 Å². The van der Waals surface area contributed by atoms with E-state index in [0.29, 0.717) is 18.8 Å². The van der Waals surface area contributed by atoms with Crippen molar-refractivity contribution in [2.75, 3.05) is 13.7 Å². The number of carbonyl (C=O) groups excluding carboxylic acids is 1. The van der Waals surface area contributed by atoms with Crippen molar-refractivity contribution in [1.29, 1.82) is 0 Å². The third-order valence-electron chi connectivity index (χ3n) is 3.79. The lowest BCUT2D eigenvalue weighted by atomic mass is 9.68. The van der Waals surface area contributed by atoms with Crippen LogP contribution >= 0.6 is 0 Å². The Kier molecular flexibility index (Phi) is 5.13. The Labute approximate surface area is 105 Å². The molecule has 0 aliphatic heterocycles. The van der Waals surface area contributed by atoms with Crippen LogP contribution in [0, 0.1) is 5.41 Å². The maximum atomic E-state index is 12.5. The summed E-state index contributed by atoms with van der Waals surface area (Å²) in [4.78, 5) is 12.5. The number of methoxy groups -OCH3 is 1. The Morgan fingerprint density at radius 2 is 1.94 bits per heavy atom. The van der Waals surface area contributed by atoms with Crippen LogP contribution in [0.4, 0.5) is 0 Å². The normalized spacial score (nSPS) is 18.6. The largest absolute Gasteiger partial charge is 0.383 e. The van der Waals surface area contributed by atoms with Gasteiger partial charge in [-0.05, 0) is 26.7 Å². The third kappa shape index (κ3) is 2.68. The lowest BCUT2D eigenvalue weighted by Gasteiger charge is -2.36. The standard InChI is InChI=1S/C15H24O2/c1-5-6-10-14(16)15(11-17-4)12(2)8-7-9-13(15)3/h8-9H,5-7,10-11H2,1-4H3. The second-order valence-electron chi connectivity index (χ2n) is 4.88. The quantitative estimate of drug-likeness (QED) is 0.658. The smallest absolute Gasteiger partial charge is 0.149 e. The monoisotopic (exact) mass is 236 g/mol. The fraction of sp³-hybridized carbons (Fsp3) is 0.667. The molecular formula is C15H24O2. The number of ketones is 1. The predicted octanol–water partition coefficient (Wildman–Crippen LogP) is 3.67. The molecule has 0 bridgehead atoms. The Balaban J connectivity index is 3.02. The molecule has 0 radical (unpaired) electrons. The average molecular weight is 236 g/mol. The van der Waals surface area contributed by atoms with E-state index in [1.807, 2.05) is 0 Å². The highest BCUT2D eigenvalue weighted by atomic mass is 16.5. The van der Waals surface area contributed by atoms with E-state index < -0.39 is 5.41 Å². The van der Waals surface area contributed by atoms with Crippen molar-refractivity contribution in [3.8, 4) is 0 Å². The summed E-state index contributed by atoms with van der Waals surface area (Å²) in [7, 11) is 1.67. The molecule has 2 nitrogen and oxygen atoms in total. The summed E-state index contributed by atoms with van der Waals surface area (Å²) in [6, 6.07) is 0. The highest BCUT2D eigenvalue weighted by molar-refractivity contribution is 5.91. The van der Waals surface area contributed by atoms with Crippen LogP contribution in [-0.2, 0) is 9.53 Å². The second-order valence-corrected chi connectivity index (χ2v) is 4.88. The fourth-order valence-electron chi connectivity index (χ4n) is 2.59. The molecule has 1 aliphatic rings. The summed E-state index contributed by atoms with van der Waals surface area (Å²) in [5.41, 5.74) is 1.82. The lowest BCUT2D eigenvalue weighted by molar-refractivity contribution is -0.127. The van der Waals surface area contributed by atoms with Gasteiger partial charge in [0, 0.05) is 13.5 Å². The minimum Gasteiger partial charge on any atom is -0.383 e. The van der Waals surface area contributed by atoms with E-state index >= 15 is 0 Å². The van der Waals surface area contributed by atoms with E-state index in [-0.39, 0.29) is 0 Å². The van der Waals surface area contributed by atoms with Gasteiger partial charge in [0.1, 0.15) is 5.78 Å². The highest BCUT2D eigenvalue weighted by Gasteiger charge is 2.41. The zero-order valence-electron chi connectivity index (χ0n) is 11.5. The minimum absolute atomic E-state index is 0.309. The highest BCUT2D eigenvalue weighted by Crippen LogP contribution is 2.41. The predicted molar refractivity (Wildman–Crippen MR) is 71.0 cm³/mol. The van der Waals surface area contributed by atoms with Crippen LogP contribution in [0.2, 0.25) is 0 Å². The molecular weight excluding hydrogens is 212 g/mol. The molecule has 0 saturated heterocycles. The first-order chi connectivity index (χ1) is 8.09. The van der Waals surface area contributed by atoms with E-state index in [1.54, 1.807) is 7.11 Å². The Hall–Kier alpha value is -0.890.